The SMILES string of the molecule is Cc1ccc(NC(=O)Nc2ccc(N3CCC(Cc4ccccc4)CC3)c(C(=O)NCCc3ccccc3)c2)c(C)c1. The first kappa shape index (κ1) is 28.9. The Kier molecular flexibility index (Phi) is 9.55. The molecule has 1 heterocycles. The molecule has 0 atom stereocenters. The maximum absolute atomic E-state index is 13.5. The van der Waals surface area contributed by atoms with Crippen LogP contribution in [0.3, 0.4) is 0 Å². The van der Waals surface area contributed by atoms with E-state index >= 15 is 0 Å². The molecule has 6 heteroatoms. The number of amides is 3. The number of piperidine rings is 1. The van der Waals surface area contributed by atoms with Gasteiger partial charge in [-0.1, -0.05) is 78.4 Å². The smallest absolute Gasteiger partial charge is 0.323 e. The Labute approximate surface area is 249 Å². The molecule has 5 rings (SSSR count). The maximum atomic E-state index is 13.5. The zero-order chi connectivity index (χ0) is 29.3. The Balaban J connectivity index is 1.28. The minimum absolute atomic E-state index is 0.134. The fourth-order valence-corrected chi connectivity index (χ4v) is 5.70. The summed E-state index contributed by atoms with van der Waals surface area (Å²) < 4.78 is 0. The number of rotatable bonds is 9. The van der Waals surface area contributed by atoms with Crippen LogP contribution in [0.25, 0.3) is 0 Å². The number of aryl methyl sites for hydroxylation is 2. The van der Waals surface area contributed by atoms with Crippen molar-refractivity contribution in [2.45, 2.75) is 39.5 Å². The van der Waals surface area contributed by atoms with E-state index in [-0.39, 0.29) is 11.9 Å². The van der Waals surface area contributed by atoms with Crippen LogP contribution in [-0.4, -0.2) is 31.6 Å². The van der Waals surface area contributed by atoms with Crippen LogP contribution in [0, 0.1) is 19.8 Å². The van der Waals surface area contributed by atoms with Gasteiger partial charge in [0.15, 0.2) is 0 Å². The average molecular weight is 561 g/mol. The molecule has 1 aliphatic rings. The summed E-state index contributed by atoms with van der Waals surface area (Å²) in [5.41, 5.74) is 7.51. The Morgan fingerprint density at radius 2 is 1.48 bits per heavy atom. The van der Waals surface area contributed by atoms with Crippen LogP contribution in [-0.2, 0) is 12.8 Å². The van der Waals surface area contributed by atoms with Crippen molar-refractivity contribution in [1.29, 1.82) is 0 Å². The van der Waals surface area contributed by atoms with Crippen molar-refractivity contribution in [3.05, 3.63) is 125 Å². The molecule has 1 fully saturated rings. The van der Waals surface area contributed by atoms with Crippen LogP contribution in [0.4, 0.5) is 21.9 Å². The summed E-state index contributed by atoms with van der Waals surface area (Å²) >= 11 is 0. The molecule has 42 heavy (non-hydrogen) atoms. The van der Waals surface area contributed by atoms with Crippen LogP contribution in [0.5, 0.6) is 0 Å². The summed E-state index contributed by atoms with van der Waals surface area (Å²) in [5.74, 6) is 0.493. The van der Waals surface area contributed by atoms with Gasteiger partial charge in [0.2, 0.25) is 0 Å². The lowest BCUT2D eigenvalue weighted by Crippen LogP contribution is -2.36. The zero-order valence-corrected chi connectivity index (χ0v) is 24.5. The van der Waals surface area contributed by atoms with Crippen LogP contribution in [0.1, 0.15) is 45.5 Å². The minimum atomic E-state index is -0.341. The highest BCUT2D eigenvalue weighted by Gasteiger charge is 2.24. The van der Waals surface area contributed by atoms with Gasteiger partial charge in [0, 0.05) is 36.7 Å². The van der Waals surface area contributed by atoms with Gasteiger partial charge in [0.1, 0.15) is 0 Å². The molecule has 0 aliphatic carbocycles. The second-order valence-electron chi connectivity index (χ2n) is 11.2. The molecule has 4 aromatic rings. The minimum Gasteiger partial charge on any atom is -0.371 e. The van der Waals surface area contributed by atoms with E-state index in [1.54, 1.807) is 6.07 Å². The van der Waals surface area contributed by atoms with E-state index in [1.165, 1.54) is 11.1 Å². The molecule has 4 aromatic carbocycles. The molecule has 3 amide bonds. The molecule has 6 nitrogen and oxygen atoms in total. The van der Waals surface area contributed by atoms with Gasteiger partial charge in [0.25, 0.3) is 5.91 Å². The molecule has 0 radical (unpaired) electrons. The number of urea groups is 1. The number of hydrogen-bond donors (Lipinski definition) is 3. The summed E-state index contributed by atoms with van der Waals surface area (Å²) in [6.07, 6.45) is 3.98. The maximum Gasteiger partial charge on any atom is 0.323 e. The first-order valence-electron chi connectivity index (χ1n) is 14.8. The number of carbonyl (C=O) groups excluding carboxylic acids is 2. The van der Waals surface area contributed by atoms with Crippen molar-refractivity contribution < 1.29 is 9.59 Å². The van der Waals surface area contributed by atoms with Crippen LogP contribution in [0.2, 0.25) is 0 Å². The average Bonchev–Trinajstić information content (AvgIpc) is 3.00. The van der Waals surface area contributed by atoms with Gasteiger partial charge in [-0.2, -0.15) is 0 Å². The van der Waals surface area contributed by atoms with Crippen LogP contribution in [0.15, 0.2) is 97.1 Å². The molecule has 1 saturated heterocycles. The first-order chi connectivity index (χ1) is 20.4. The van der Waals surface area contributed by atoms with E-state index < -0.39 is 0 Å². The van der Waals surface area contributed by atoms with Crippen LogP contribution >= 0.6 is 0 Å². The lowest BCUT2D eigenvalue weighted by molar-refractivity contribution is 0.0954. The van der Waals surface area contributed by atoms with E-state index in [2.05, 4.69) is 63.3 Å². The number of carbonyl (C=O) groups is 2. The lowest BCUT2D eigenvalue weighted by atomic mass is 9.89. The molecule has 0 saturated carbocycles. The van der Waals surface area contributed by atoms with Gasteiger partial charge in [0.05, 0.1) is 5.56 Å². The van der Waals surface area contributed by atoms with Gasteiger partial charge >= 0.3 is 6.03 Å². The molecule has 3 N–H and O–H groups in total. The molecule has 216 valence electrons. The summed E-state index contributed by atoms with van der Waals surface area (Å²) in [6, 6.07) is 32.0. The number of anilines is 3. The third kappa shape index (κ3) is 7.78. The normalized spacial score (nSPS) is 13.4. The summed E-state index contributed by atoms with van der Waals surface area (Å²) in [4.78, 5) is 28.7. The Bertz CT molecular complexity index is 1500. The van der Waals surface area contributed by atoms with E-state index in [1.807, 2.05) is 62.4 Å². The monoisotopic (exact) mass is 560 g/mol. The van der Waals surface area contributed by atoms with Crippen LogP contribution < -0.4 is 20.9 Å². The molecule has 0 unspecified atom stereocenters. The molecular weight excluding hydrogens is 520 g/mol. The third-order valence-corrected chi connectivity index (χ3v) is 7.99. The number of hydrogen-bond acceptors (Lipinski definition) is 3. The second-order valence-corrected chi connectivity index (χ2v) is 11.2. The van der Waals surface area contributed by atoms with Crippen molar-refractivity contribution in [2.75, 3.05) is 35.2 Å². The quantitative estimate of drug-likeness (QED) is 0.200. The largest absolute Gasteiger partial charge is 0.371 e. The van der Waals surface area contributed by atoms with Gasteiger partial charge in [-0.15, -0.1) is 0 Å². The first-order valence-corrected chi connectivity index (χ1v) is 14.8. The number of nitrogens with one attached hydrogen (secondary N) is 3. The van der Waals surface area contributed by atoms with Crippen molar-refractivity contribution in [2.24, 2.45) is 5.92 Å². The fraction of sp³-hybridized carbons (Fsp3) is 0.278. The number of benzene rings is 4. The topological polar surface area (TPSA) is 73.5 Å². The van der Waals surface area contributed by atoms with Gasteiger partial charge < -0.3 is 20.9 Å². The summed E-state index contributed by atoms with van der Waals surface area (Å²) in [5, 5.41) is 8.96. The van der Waals surface area contributed by atoms with Crippen molar-refractivity contribution >= 4 is 29.0 Å². The van der Waals surface area contributed by atoms with Gasteiger partial charge in [-0.3, -0.25) is 4.79 Å². The van der Waals surface area contributed by atoms with E-state index in [4.69, 9.17) is 0 Å². The molecule has 1 aliphatic heterocycles. The Hall–Kier alpha value is -4.58. The van der Waals surface area contributed by atoms with Crippen molar-refractivity contribution in [1.82, 2.24) is 5.32 Å². The van der Waals surface area contributed by atoms with E-state index in [0.717, 1.165) is 61.3 Å². The summed E-state index contributed by atoms with van der Waals surface area (Å²) in [6.45, 7) is 6.31. The highest BCUT2D eigenvalue weighted by Crippen LogP contribution is 2.30. The highest BCUT2D eigenvalue weighted by molar-refractivity contribution is 6.04. The zero-order valence-electron chi connectivity index (χ0n) is 24.5. The van der Waals surface area contributed by atoms with Crippen molar-refractivity contribution in [3.63, 3.8) is 0 Å². The van der Waals surface area contributed by atoms with Gasteiger partial charge in [-0.05, 0) is 86.4 Å². The Morgan fingerprint density at radius 3 is 2.17 bits per heavy atom. The second kappa shape index (κ2) is 13.9. The molecule has 0 spiro atoms. The number of nitrogens with zero attached hydrogens (tertiary/aromatic N) is 1. The fourth-order valence-electron chi connectivity index (χ4n) is 5.70. The predicted molar refractivity (Wildman–Crippen MR) is 173 cm³/mol. The van der Waals surface area contributed by atoms with E-state index in [9.17, 15) is 9.59 Å². The standard InChI is InChI=1S/C36H40N4O2/c1-26-13-15-33(27(2)23-26)39-36(42)38-31-14-16-34(32(25-31)35(41)37-20-17-28-9-5-3-6-10-28)40-21-18-30(19-22-40)24-29-11-7-4-8-12-29/h3-16,23,25,30H,17-22,24H2,1-2H3,(H,37,41)(H2,38,39,42). The third-order valence-electron chi connectivity index (χ3n) is 7.99. The lowest BCUT2D eigenvalue weighted by Gasteiger charge is -2.35. The Morgan fingerprint density at radius 1 is 0.786 bits per heavy atom. The molecular formula is C36H40N4O2. The predicted octanol–water partition coefficient (Wildman–Crippen LogP) is 7.38. The van der Waals surface area contributed by atoms with E-state index in [0.29, 0.717) is 23.7 Å². The summed E-state index contributed by atoms with van der Waals surface area (Å²) in [7, 11) is 0. The highest BCUT2D eigenvalue weighted by atomic mass is 16.2. The molecule has 0 bridgehead atoms. The van der Waals surface area contributed by atoms with Crippen molar-refractivity contribution in [3.8, 4) is 0 Å². The molecule has 0 aromatic heterocycles. The van der Waals surface area contributed by atoms with Gasteiger partial charge in [-0.25, -0.2) is 4.79 Å².